The second-order valence-corrected chi connectivity index (χ2v) is 4.06. The maximum Gasteiger partial charge on any atom is 0.189 e. The molecule has 0 saturated carbocycles. The highest BCUT2D eigenvalue weighted by Gasteiger charge is 2.27. The van der Waals surface area contributed by atoms with Gasteiger partial charge in [0.05, 0.1) is 0 Å². The van der Waals surface area contributed by atoms with Crippen molar-refractivity contribution in [3.8, 4) is 0 Å². The largest absolute Gasteiger partial charge is 0.381 e. The molecule has 4 nitrogen and oxygen atoms in total. The molecule has 1 rings (SSSR count). The van der Waals surface area contributed by atoms with Gasteiger partial charge < -0.3 is 15.8 Å². The average Bonchev–Trinajstić information content (AvgIpc) is 2.15. The quantitative estimate of drug-likeness (QED) is 0.524. The summed E-state index contributed by atoms with van der Waals surface area (Å²) in [5.41, 5.74) is 5.84. The van der Waals surface area contributed by atoms with Crippen LogP contribution in [0, 0.1) is 0 Å². The Balaban J connectivity index is 2.40. The van der Waals surface area contributed by atoms with Crippen LogP contribution >= 0.6 is 0 Å². The average molecular weight is 199 g/mol. The smallest absolute Gasteiger partial charge is 0.189 e. The molecule has 0 amide bonds. The number of aliphatic imine (C=N–C) groups is 1. The topological polar surface area (TPSA) is 59.6 Å². The van der Waals surface area contributed by atoms with E-state index in [0.29, 0.717) is 5.96 Å². The number of hydrogen-bond donors (Lipinski definition) is 2. The molecular weight excluding hydrogens is 178 g/mol. The molecule has 0 radical (unpaired) electrons. The van der Waals surface area contributed by atoms with Crippen LogP contribution in [-0.2, 0) is 4.74 Å². The molecule has 0 aromatic heterocycles. The van der Waals surface area contributed by atoms with Gasteiger partial charge in [0.25, 0.3) is 0 Å². The van der Waals surface area contributed by atoms with Crippen molar-refractivity contribution < 1.29 is 4.74 Å². The first-order valence-electron chi connectivity index (χ1n) is 5.32. The fourth-order valence-corrected chi connectivity index (χ4v) is 1.53. The summed E-state index contributed by atoms with van der Waals surface area (Å²) >= 11 is 0. The summed E-state index contributed by atoms with van der Waals surface area (Å²) in [6.07, 6.45) is 3.02. The fraction of sp³-hybridized carbons (Fsp3) is 0.900. The molecule has 0 bridgehead atoms. The third-order valence-electron chi connectivity index (χ3n) is 2.53. The van der Waals surface area contributed by atoms with E-state index in [-0.39, 0.29) is 5.54 Å². The first kappa shape index (κ1) is 11.3. The van der Waals surface area contributed by atoms with Crippen molar-refractivity contribution in [3.05, 3.63) is 0 Å². The van der Waals surface area contributed by atoms with E-state index in [0.717, 1.165) is 39.0 Å². The van der Waals surface area contributed by atoms with Gasteiger partial charge in [0, 0.05) is 25.3 Å². The third kappa shape index (κ3) is 3.54. The normalized spacial score (nSPS) is 22.0. The molecule has 1 aliphatic heterocycles. The molecule has 1 aliphatic rings. The van der Waals surface area contributed by atoms with Crippen LogP contribution in [0.15, 0.2) is 4.99 Å². The van der Waals surface area contributed by atoms with Gasteiger partial charge in [-0.2, -0.15) is 0 Å². The standard InChI is InChI=1S/C10H21N3O/c1-3-6-12-9(11)13-10(2)4-7-14-8-5-10/h3-8H2,1-2H3,(H3,11,12,13). The SMILES string of the molecule is CCCN=C(N)NC1(C)CCOCC1. The molecule has 0 aromatic rings. The van der Waals surface area contributed by atoms with E-state index in [1.165, 1.54) is 0 Å². The summed E-state index contributed by atoms with van der Waals surface area (Å²) < 4.78 is 5.31. The van der Waals surface area contributed by atoms with E-state index >= 15 is 0 Å². The van der Waals surface area contributed by atoms with Crippen molar-refractivity contribution in [2.45, 2.75) is 38.6 Å². The summed E-state index contributed by atoms with van der Waals surface area (Å²) in [7, 11) is 0. The lowest BCUT2D eigenvalue weighted by Gasteiger charge is -2.34. The summed E-state index contributed by atoms with van der Waals surface area (Å²) in [6.45, 7) is 6.68. The van der Waals surface area contributed by atoms with Gasteiger partial charge in [0.15, 0.2) is 5.96 Å². The number of nitrogens with two attached hydrogens (primary N) is 1. The van der Waals surface area contributed by atoms with Gasteiger partial charge in [-0.15, -0.1) is 0 Å². The Bertz CT molecular complexity index is 198. The Hall–Kier alpha value is -0.770. The lowest BCUT2D eigenvalue weighted by Crippen LogP contribution is -2.52. The minimum Gasteiger partial charge on any atom is -0.381 e. The van der Waals surface area contributed by atoms with Crippen molar-refractivity contribution in [3.63, 3.8) is 0 Å². The highest BCUT2D eigenvalue weighted by Crippen LogP contribution is 2.19. The number of nitrogens with zero attached hydrogens (tertiary/aromatic N) is 1. The van der Waals surface area contributed by atoms with E-state index < -0.39 is 0 Å². The molecule has 1 heterocycles. The van der Waals surface area contributed by atoms with Crippen molar-refractivity contribution in [1.29, 1.82) is 0 Å². The van der Waals surface area contributed by atoms with E-state index in [9.17, 15) is 0 Å². The van der Waals surface area contributed by atoms with Crippen LogP contribution < -0.4 is 11.1 Å². The number of nitrogens with one attached hydrogen (secondary N) is 1. The van der Waals surface area contributed by atoms with Crippen LogP contribution in [0.5, 0.6) is 0 Å². The summed E-state index contributed by atoms with van der Waals surface area (Å²) in [6, 6.07) is 0. The maximum absolute atomic E-state index is 5.77. The Morgan fingerprint density at radius 2 is 2.14 bits per heavy atom. The molecule has 82 valence electrons. The van der Waals surface area contributed by atoms with Gasteiger partial charge in [0.2, 0.25) is 0 Å². The zero-order valence-electron chi connectivity index (χ0n) is 9.18. The van der Waals surface area contributed by atoms with Crippen LogP contribution in [0.25, 0.3) is 0 Å². The summed E-state index contributed by atoms with van der Waals surface area (Å²) in [4.78, 5) is 4.22. The molecule has 1 fully saturated rings. The van der Waals surface area contributed by atoms with Gasteiger partial charge >= 0.3 is 0 Å². The van der Waals surface area contributed by atoms with Gasteiger partial charge in [-0.1, -0.05) is 6.92 Å². The van der Waals surface area contributed by atoms with E-state index in [2.05, 4.69) is 24.2 Å². The molecule has 14 heavy (non-hydrogen) atoms. The number of rotatable bonds is 3. The first-order valence-corrected chi connectivity index (χ1v) is 5.32. The predicted octanol–water partition coefficient (Wildman–Crippen LogP) is 0.870. The zero-order valence-corrected chi connectivity index (χ0v) is 9.18. The van der Waals surface area contributed by atoms with Crippen LogP contribution in [0.3, 0.4) is 0 Å². The molecular formula is C10H21N3O. The van der Waals surface area contributed by atoms with Crippen molar-refractivity contribution in [2.24, 2.45) is 10.7 Å². The molecule has 0 unspecified atom stereocenters. The van der Waals surface area contributed by atoms with Crippen molar-refractivity contribution in [2.75, 3.05) is 19.8 Å². The Morgan fingerprint density at radius 1 is 1.50 bits per heavy atom. The van der Waals surface area contributed by atoms with Crippen LogP contribution in [0.4, 0.5) is 0 Å². The van der Waals surface area contributed by atoms with E-state index in [1.807, 2.05) is 0 Å². The Morgan fingerprint density at radius 3 is 2.71 bits per heavy atom. The zero-order chi connectivity index (χ0) is 10.4. The van der Waals surface area contributed by atoms with Gasteiger partial charge in [-0.25, -0.2) is 0 Å². The monoisotopic (exact) mass is 199 g/mol. The van der Waals surface area contributed by atoms with Crippen molar-refractivity contribution >= 4 is 5.96 Å². The Kier molecular flexibility index (Phi) is 4.20. The number of ether oxygens (including phenoxy) is 1. The van der Waals surface area contributed by atoms with Crippen LogP contribution in [0.2, 0.25) is 0 Å². The second kappa shape index (κ2) is 5.20. The van der Waals surface area contributed by atoms with Gasteiger partial charge in [0.1, 0.15) is 0 Å². The number of guanidine groups is 1. The molecule has 0 atom stereocenters. The fourth-order valence-electron chi connectivity index (χ4n) is 1.53. The minimum absolute atomic E-state index is 0.0690. The third-order valence-corrected chi connectivity index (χ3v) is 2.53. The molecule has 4 heteroatoms. The summed E-state index contributed by atoms with van der Waals surface area (Å²) in [5.74, 6) is 0.566. The molecule has 0 aliphatic carbocycles. The Labute approximate surface area is 85.9 Å². The predicted molar refractivity (Wildman–Crippen MR) is 58.4 cm³/mol. The molecule has 0 aromatic carbocycles. The number of hydrogen-bond acceptors (Lipinski definition) is 2. The van der Waals surface area contributed by atoms with E-state index in [1.54, 1.807) is 0 Å². The molecule has 1 saturated heterocycles. The highest BCUT2D eigenvalue weighted by molar-refractivity contribution is 5.78. The first-order chi connectivity index (χ1) is 6.66. The molecule has 0 spiro atoms. The van der Waals surface area contributed by atoms with Gasteiger partial charge in [-0.05, 0) is 26.2 Å². The maximum atomic E-state index is 5.77. The summed E-state index contributed by atoms with van der Waals surface area (Å²) in [5, 5.41) is 3.28. The molecule has 3 N–H and O–H groups in total. The van der Waals surface area contributed by atoms with Crippen LogP contribution in [0.1, 0.15) is 33.1 Å². The van der Waals surface area contributed by atoms with Gasteiger partial charge in [-0.3, -0.25) is 4.99 Å². The lowest BCUT2D eigenvalue weighted by atomic mass is 9.93. The highest BCUT2D eigenvalue weighted by atomic mass is 16.5. The lowest BCUT2D eigenvalue weighted by molar-refractivity contribution is 0.0523. The van der Waals surface area contributed by atoms with Crippen molar-refractivity contribution in [1.82, 2.24) is 5.32 Å². The minimum atomic E-state index is 0.0690. The van der Waals surface area contributed by atoms with Crippen LogP contribution in [-0.4, -0.2) is 31.3 Å². The van der Waals surface area contributed by atoms with E-state index in [4.69, 9.17) is 10.5 Å². The second-order valence-electron chi connectivity index (χ2n) is 4.06.